The highest BCUT2D eigenvalue weighted by Crippen LogP contribution is 2.40. The van der Waals surface area contributed by atoms with Crippen LogP contribution in [0.25, 0.3) is 0 Å². The third-order valence-electron chi connectivity index (χ3n) is 3.84. The van der Waals surface area contributed by atoms with Gasteiger partial charge in [0.15, 0.2) is 11.0 Å². The SMILES string of the molecule is Fc1cc(F)c(NC2=NC3(CCCCC3)CS2)c(Cl)c1. The van der Waals surface area contributed by atoms with Crippen molar-refractivity contribution >= 4 is 34.2 Å². The van der Waals surface area contributed by atoms with Gasteiger partial charge < -0.3 is 5.32 Å². The Balaban J connectivity index is 1.80. The molecule has 1 aliphatic carbocycles. The molecular weight excluding hydrogens is 302 g/mol. The third kappa shape index (κ3) is 2.79. The number of halogens is 3. The number of aliphatic imine (C=N–C) groups is 1. The van der Waals surface area contributed by atoms with E-state index >= 15 is 0 Å². The van der Waals surface area contributed by atoms with Crippen LogP contribution < -0.4 is 5.32 Å². The molecule has 0 saturated heterocycles. The number of rotatable bonds is 1. The summed E-state index contributed by atoms with van der Waals surface area (Å²) in [6.07, 6.45) is 5.84. The van der Waals surface area contributed by atoms with Crippen molar-refractivity contribution in [2.45, 2.75) is 37.6 Å². The van der Waals surface area contributed by atoms with Crippen molar-refractivity contribution in [2.75, 3.05) is 11.1 Å². The van der Waals surface area contributed by atoms with Gasteiger partial charge in [-0.3, -0.25) is 4.99 Å². The van der Waals surface area contributed by atoms with E-state index < -0.39 is 11.6 Å². The number of nitrogens with zero attached hydrogens (tertiary/aromatic N) is 1. The maximum Gasteiger partial charge on any atom is 0.161 e. The average molecular weight is 317 g/mol. The van der Waals surface area contributed by atoms with Crippen molar-refractivity contribution in [2.24, 2.45) is 4.99 Å². The Labute approximate surface area is 126 Å². The second-order valence-electron chi connectivity index (χ2n) is 5.36. The molecule has 1 heterocycles. The maximum atomic E-state index is 13.7. The van der Waals surface area contributed by atoms with Crippen molar-refractivity contribution < 1.29 is 8.78 Å². The van der Waals surface area contributed by atoms with Gasteiger partial charge in [-0.25, -0.2) is 8.78 Å². The number of thioether (sulfide) groups is 1. The molecule has 20 heavy (non-hydrogen) atoms. The summed E-state index contributed by atoms with van der Waals surface area (Å²) >= 11 is 7.47. The summed E-state index contributed by atoms with van der Waals surface area (Å²) in [5.74, 6) is -0.443. The summed E-state index contributed by atoms with van der Waals surface area (Å²) in [7, 11) is 0. The molecule has 1 saturated carbocycles. The number of nitrogens with one attached hydrogen (secondary N) is 1. The van der Waals surface area contributed by atoms with E-state index in [0.29, 0.717) is 5.17 Å². The molecule has 1 N–H and O–H groups in total. The zero-order valence-electron chi connectivity index (χ0n) is 10.9. The van der Waals surface area contributed by atoms with Gasteiger partial charge in [-0.2, -0.15) is 0 Å². The number of amidine groups is 1. The van der Waals surface area contributed by atoms with Crippen molar-refractivity contribution in [3.63, 3.8) is 0 Å². The van der Waals surface area contributed by atoms with Gasteiger partial charge in [-0.1, -0.05) is 42.6 Å². The lowest BCUT2D eigenvalue weighted by molar-refractivity contribution is 0.335. The van der Waals surface area contributed by atoms with Gasteiger partial charge in [-0.15, -0.1) is 0 Å². The van der Waals surface area contributed by atoms with Crippen LogP contribution in [0, 0.1) is 11.6 Å². The van der Waals surface area contributed by atoms with E-state index in [2.05, 4.69) is 5.32 Å². The van der Waals surface area contributed by atoms with Crippen LogP contribution in [-0.4, -0.2) is 16.5 Å². The lowest BCUT2D eigenvalue weighted by Crippen LogP contribution is -2.29. The minimum atomic E-state index is -0.692. The zero-order chi connectivity index (χ0) is 14.2. The molecular formula is C14H15ClF2N2S. The first-order chi connectivity index (χ1) is 9.58. The Bertz CT molecular complexity index is 533. The summed E-state index contributed by atoms with van der Waals surface area (Å²) in [5.41, 5.74) is 0.112. The smallest absolute Gasteiger partial charge is 0.161 e. The molecule has 0 bridgehead atoms. The molecule has 1 aromatic rings. The van der Waals surface area contributed by atoms with Crippen molar-refractivity contribution in [3.05, 3.63) is 28.8 Å². The van der Waals surface area contributed by atoms with Crippen LogP contribution in [0.2, 0.25) is 5.02 Å². The quantitative estimate of drug-likeness (QED) is 0.802. The van der Waals surface area contributed by atoms with Gasteiger partial charge in [0.2, 0.25) is 0 Å². The zero-order valence-corrected chi connectivity index (χ0v) is 12.5. The minimum Gasteiger partial charge on any atom is -0.331 e. The predicted octanol–water partition coefficient (Wildman–Crippen LogP) is 4.84. The molecule has 2 nitrogen and oxygen atoms in total. The molecule has 0 radical (unpaired) electrons. The largest absolute Gasteiger partial charge is 0.331 e. The first-order valence-electron chi connectivity index (χ1n) is 6.72. The highest BCUT2D eigenvalue weighted by atomic mass is 35.5. The van der Waals surface area contributed by atoms with E-state index in [0.717, 1.165) is 30.7 Å². The summed E-state index contributed by atoms with van der Waals surface area (Å²) < 4.78 is 26.8. The monoisotopic (exact) mass is 316 g/mol. The van der Waals surface area contributed by atoms with E-state index in [1.807, 2.05) is 0 Å². The third-order valence-corrected chi connectivity index (χ3v) is 5.29. The normalized spacial score (nSPS) is 21.1. The Morgan fingerprint density at radius 3 is 2.65 bits per heavy atom. The highest BCUT2D eigenvalue weighted by molar-refractivity contribution is 8.14. The summed E-state index contributed by atoms with van der Waals surface area (Å²) in [6, 6.07) is 1.92. The first kappa shape index (κ1) is 14.1. The molecule has 108 valence electrons. The van der Waals surface area contributed by atoms with Gasteiger partial charge in [0.1, 0.15) is 5.82 Å². The van der Waals surface area contributed by atoms with E-state index in [4.69, 9.17) is 16.6 Å². The fraction of sp³-hybridized carbons (Fsp3) is 0.500. The molecule has 1 fully saturated rings. The summed E-state index contributed by atoms with van der Waals surface area (Å²) in [5, 5.41) is 3.63. The van der Waals surface area contributed by atoms with E-state index in [1.165, 1.54) is 19.3 Å². The molecule has 1 spiro atoms. The molecule has 0 atom stereocenters. The topological polar surface area (TPSA) is 24.4 Å². The molecule has 1 aliphatic heterocycles. The highest BCUT2D eigenvalue weighted by Gasteiger charge is 2.37. The second-order valence-corrected chi connectivity index (χ2v) is 6.73. The number of anilines is 1. The lowest BCUT2D eigenvalue weighted by Gasteiger charge is -2.29. The first-order valence-corrected chi connectivity index (χ1v) is 8.09. The van der Waals surface area contributed by atoms with E-state index in [-0.39, 0.29) is 16.2 Å². The Morgan fingerprint density at radius 1 is 1.20 bits per heavy atom. The molecule has 2 aliphatic rings. The van der Waals surface area contributed by atoms with Crippen LogP contribution >= 0.6 is 23.4 Å². The van der Waals surface area contributed by atoms with E-state index in [1.54, 1.807) is 11.8 Å². The van der Waals surface area contributed by atoms with Gasteiger partial charge in [-0.05, 0) is 18.9 Å². The van der Waals surface area contributed by atoms with Gasteiger partial charge in [0, 0.05) is 11.8 Å². The molecule has 6 heteroatoms. The Hall–Kier alpha value is -0.810. The van der Waals surface area contributed by atoms with Crippen LogP contribution in [0.4, 0.5) is 14.5 Å². The molecule has 0 unspecified atom stereocenters. The van der Waals surface area contributed by atoms with Crippen molar-refractivity contribution in [1.82, 2.24) is 0 Å². The minimum absolute atomic E-state index is 0.00817. The maximum absolute atomic E-state index is 13.7. The fourth-order valence-electron chi connectivity index (χ4n) is 2.78. The van der Waals surface area contributed by atoms with Crippen LogP contribution in [0.5, 0.6) is 0 Å². The van der Waals surface area contributed by atoms with Gasteiger partial charge >= 0.3 is 0 Å². The van der Waals surface area contributed by atoms with Crippen molar-refractivity contribution in [3.8, 4) is 0 Å². The Morgan fingerprint density at radius 2 is 1.95 bits per heavy atom. The lowest BCUT2D eigenvalue weighted by atomic mass is 9.84. The second kappa shape index (κ2) is 5.53. The summed E-state index contributed by atoms with van der Waals surface area (Å²) in [6.45, 7) is 0. The number of benzene rings is 1. The fourth-order valence-corrected chi connectivity index (χ4v) is 4.21. The molecule has 1 aromatic carbocycles. The Kier molecular flexibility index (Phi) is 3.91. The average Bonchev–Trinajstić information content (AvgIpc) is 2.77. The number of hydrogen-bond donors (Lipinski definition) is 1. The molecule has 0 amide bonds. The predicted molar refractivity (Wildman–Crippen MR) is 80.7 cm³/mol. The van der Waals surface area contributed by atoms with Crippen LogP contribution in [-0.2, 0) is 0 Å². The van der Waals surface area contributed by atoms with Crippen LogP contribution in [0.3, 0.4) is 0 Å². The van der Waals surface area contributed by atoms with Crippen molar-refractivity contribution in [1.29, 1.82) is 0 Å². The number of hydrogen-bond acceptors (Lipinski definition) is 3. The van der Waals surface area contributed by atoms with Crippen LogP contribution in [0.15, 0.2) is 17.1 Å². The molecule has 0 aromatic heterocycles. The van der Waals surface area contributed by atoms with Gasteiger partial charge in [0.05, 0.1) is 16.2 Å². The van der Waals surface area contributed by atoms with Crippen LogP contribution in [0.1, 0.15) is 32.1 Å². The summed E-state index contributed by atoms with van der Waals surface area (Å²) in [4.78, 5) is 4.73. The van der Waals surface area contributed by atoms with E-state index in [9.17, 15) is 8.78 Å². The molecule has 3 rings (SSSR count). The standard InChI is InChI=1S/C14H15ClF2N2S/c15-10-6-9(16)7-11(17)12(10)18-13-19-14(8-20-13)4-2-1-3-5-14/h6-7H,1-5,8H2,(H,18,19). The van der Waals surface area contributed by atoms with Gasteiger partial charge in [0.25, 0.3) is 0 Å².